The molecule has 80 valence electrons. The van der Waals surface area contributed by atoms with Crippen molar-refractivity contribution in [3.63, 3.8) is 0 Å². The standard InChI is InChI=1S/C13H12N2O/c1-8(16)13-14-11-7-6-9-4-2-3-5-10(9)12(11)15-13/h2-8,16H,1H3,(H,14,15). The molecule has 1 heterocycles. The first-order chi connectivity index (χ1) is 7.75. The summed E-state index contributed by atoms with van der Waals surface area (Å²) in [6.07, 6.45) is -0.564. The summed E-state index contributed by atoms with van der Waals surface area (Å²) < 4.78 is 0. The Bertz CT molecular complexity index is 655. The summed E-state index contributed by atoms with van der Waals surface area (Å²) in [4.78, 5) is 7.56. The number of nitrogens with zero attached hydrogens (tertiary/aromatic N) is 1. The van der Waals surface area contributed by atoms with E-state index in [-0.39, 0.29) is 0 Å². The van der Waals surface area contributed by atoms with E-state index in [0.717, 1.165) is 16.4 Å². The number of aromatic nitrogens is 2. The maximum Gasteiger partial charge on any atom is 0.135 e. The van der Waals surface area contributed by atoms with Crippen LogP contribution in [0.3, 0.4) is 0 Å². The molecule has 0 bridgehead atoms. The zero-order chi connectivity index (χ0) is 11.1. The van der Waals surface area contributed by atoms with Gasteiger partial charge in [0.15, 0.2) is 0 Å². The molecule has 1 unspecified atom stereocenters. The number of imidazole rings is 1. The van der Waals surface area contributed by atoms with E-state index >= 15 is 0 Å². The van der Waals surface area contributed by atoms with Crippen LogP contribution in [0.5, 0.6) is 0 Å². The second-order valence-corrected chi connectivity index (χ2v) is 3.98. The Morgan fingerprint density at radius 3 is 2.81 bits per heavy atom. The molecular weight excluding hydrogens is 200 g/mol. The normalized spacial score (nSPS) is 13.4. The zero-order valence-electron chi connectivity index (χ0n) is 8.94. The number of benzene rings is 2. The van der Waals surface area contributed by atoms with Gasteiger partial charge in [0.25, 0.3) is 0 Å². The van der Waals surface area contributed by atoms with Crippen molar-refractivity contribution in [2.24, 2.45) is 0 Å². The topological polar surface area (TPSA) is 48.9 Å². The molecule has 0 amide bonds. The molecule has 0 radical (unpaired) electrons. The minimum atomic E-state index is -0.564. The van der Waals surface area contributed by atoms with Crippen molar-refractivity contribution in [2.75, 3.05) is 0 Å². The van der Waals surface area contributed by atoms with Crippen LogP contribution in [-0.2, 0) is 0 Å². The van der Waals surface area contributed by atoms with E-state index in [2.05, 4.69) is 22.1 Å². The highest BCUT2D eigenvalue weighted by Gasteiger charge is 2.09. The zero-order valence-corrected chi connectivity index (χ0v) is 8.94. The van der Waals surface area contributed by atoms with Crippen molar-refractivity contribution in [3.05, 3.63) is 42.2 Å². The van der Waals surface area contributed by atoms with Gasteiger partial charge in [0, 0.05) is 5.39 Å². The molecule has 3 rings (SSSR count). The maximum atomic E-state index is 9.50. The molecule has 2 aromatic carbocycles. The van der Waals surface area contributed by atoms with Crippen LogP contribution in [0.25, 0.3) is 21.8 Å². The Kier molecular flexibility index (Phi) is 1.94. The third-order valence-electron chi connectivity index (χ3n) is 2.79. The highest BCUT2D eigenvalue weighted by Crippen LogP contribution is 2.24. The first kappa shape index (κ1) is 9.36. The van der Waals surface area contributed by atoms with Gasteiger partial charge in [-0.25, -0.2) is 4.98 Å². The molecular formula is C13H12N2O. The number of aliphatic hydroxyl groups excluding tert-OH is 1. The van der Waals surface area contributed by atoms with E-state index in [1.54, 1.807) is 6.92 Å². The number of fused-ring (bicyclic) bond motifs is 3. The Balaban J connectivity index is 2.41. The number of nitrogens with one attached hydrogen (secondary N) is 1. The molecule has 2 N–H and O–H groups in total. The lowest BCUT2D eigenvalue weighted by atomic mass is 10.1. The number of hydrogen-bond donors (Lipinski definition) is 2. The molecule has 0 saturated heterocycles. The van der Waals surface area contributed by atoms with Crippen LogP contribution >= 0.6 is 0 Å². The van der Waals surface area contributed by atoms with Crippen molar-refractivity contribution in [1.29, 1.82) is 0 Å². The SMILES string of the molecule is CC(O)c1nc2c(ccc3ccccc32)[nH]1. The summed E-state index contributed by atoms with van der Waals surface area (Å²) >= 11 is 0. The molecule has 1 atom stereocenters. The fourth-order valence-electron chi connectivity index (χ4n) is 1.96. The van der Waals surface area contributed by atoms with Crippen LogP contribution < -0.4 is 0 Å². The third-order valence-corrected chi connectivity index (χ3v) is 2.79. The predicted octanol–water partition coefficient (Wildman–Crippen LogP) is 2.77. The minimum absolute atomic E-state index is 0.564. The lowest BCUT2D eigenvalue weighted by Gasteiger charge is -1.96. The van der Waals surface area contributed by atoms with Crippen molar-refractivity contribution >= 4 is 21.8 Å². The molecule has 3 heteroatoms. The Labute approximate surface area is 92.7 Å². The van der Waals surface area contributed by atoms with Crippen LogP contribution in [0.15, 0.2) is 36.4 Å². The van der Waals surface area contributed by atoms with Gasteiger partial charge in [-0.15, -0.1) is 0 Å². The molecule has 0 aliphatic rings. The molecule has 0 aliphatic carbocycles. The van der Waals surface area contributed by atoms with Crippen LogP contribution in [0.1, 0.15) is 18.9 Å². The molecule has 16 heavy (non-hydrogen) atoms. The fourth-order valence-corrected chi connectivity index (χ4v) is 1.96. The molecule has 0 aliphatic heterocycles. The molecule has 0 spiro atoms. The molecule has 0 saturated carbocycles. The second-order valence-electron chi connectivity index (χ2n) is 3.98. The summed E-state index contributed by atoms with van der Waals surface area (Å²) in [6, 6.07) is 12.2. The van der Waals surface area contributed by atoms with E-state index < -0.39 is 6.10 Å². The van der Waals surface area contributed by atoms with Crippen molar-refractivity contribution in [2.45, 2.75) is 13.0 Å². The average Bonchev–Trinajstić information content (AvgIpc) is 2.73. The predicted molar refractivity (Wildman–Crippen MR) is 64.2 cm³/mol. The van der Waals surface area contributed by atoms with E-state index in [1.165, 1.54) is 5.39 Å². The van der Waals surface area contributed by atoms with Crippen molar-refractivity contribution in [1.82, 2.24) is 9.97 Å². The van der Waals surface area contributed by atoms with Gasteiger partial charge in [-0.1, -0.05) is 30.3 Å². The van der Waals surface area contributed by atoms with Gasteiger partial charge in [0.2, 0.25) is 0 Å². The lowest BCUT2D eigenvalue weighted by molar-refractivity contribution is 0.190. The highest BCUT2D eigenvalue weighted by atomic mass is 16.3. The highest BCUT2D eigenvalue weighted by molar-refractivity contribution is 6.04. The number of rotatable bonds is 1. The molecule has 0 fully saturated rings. The maximum absolute atomic E-state index is 9.50. The summed E-state index contributed by atoms with van der Waals surface area (Å²) in [5.74, 6) is 0.617. The van der Waals surface area contributed by atoms with Gasteiger partial charge < -0.3 is 10.1 Å². The van der Waals surface area contributed by atoms with Gasteiger partial charge >= 0.3 is 0 Å². The van der Waals surface area contributed by atoms with E-state index in [0.29, 0.717) is 5.82 Å². The monoisotopic (exact) mass is 212 g/mol. The number of H-pyrrole nitrogens is 1. The Morgan fingerprint density at radius 1 is 1.19 bits per heavy atom. The average molecular weight is 212 g/mol. The molecule has 3 nitrogen and oxygen atoms in total. The van der Waals surface area contributed by atoms with Gasteiger partial charge in [-0.2, -0.15) is 0 Å². The third kappa shape index (κ3) is 1.29. The lowest BCUT2D eigenvalue weighted by Crippen LogP contribution is -1.92. The van der Waals surface area contributed by atoms with Crippen LogP contribution in [-0.4, -0.2) is 15.1 Å². The van der Waals surface area contributed by atoms with Gasteiger partial charge in [0.1, 0.15) is 11.9 Å². The number of aliphatic hydroxyl groups is 1. The first-order valence-corrected chi connectivity index (χ1v) is 5.31. The Hall–Kier alpha value is -1.87. The summed E-state index contributed by atoms with van der Waals surface area (Å²) in [5, 5.41) is 11.8. The van der Waals surface area contributed by atoms with Crippen molar-refractivity contribution < 1.29 is 5.11 Å². The van der Waals surface area contributed by atoms with Crippen molar-refractivity contribution in [3.8, 4) is 0 Å². The number of aromatic amines is 1. The molecule has 1 aromatic heterocycles. The smallest absolute Gasteiger partial charge is 0.135 e. The summed E-state index contributed by atoms with van der Waals surface area (Å²) in [6.45, 7) is 1.71. The van der Waals surface area contributed by atoms with Gasteiger partial charge in [-0.05, 0) is 18.4 Å². The Morgan fingerprint density at radius 2 is 2.00 bits per heavy atom. The van der Waals surface area contributed by atoms with Crippen LogP contribution in [0, 0.1) is 0 Å². The minimum Gasteiger partial charge on any atom is -0.385 e. The van der Waals surface area contributed by atoms with E-state index in [1.807, 2.05) is 24.3 Å². The van der Waals surface area contributed by atoms with Gasteiger partial charge in [0.05, 0.1) is 11.0 Å². The quantitative estimate of drug-likeness (QED) is 0.651. The van der Waals surface area contributed by atoms with Crippen LogP contribution in [0.4, 0.5) is 0 Å². The first-order valence-electron chi connectivity index (χ1n) is 5.31. The summed E-state index contributed by atoms with van der Waals surface area (Å²) in [7, 11) is 0. The summed E-state index contributed by atoms with van der Waals surface area (Å²) in [5.41, 5.74) is 1.89. The van der Waals surface area contributed by atoms with Crippen LogP contribution in [0.2, 0.25) is 0 Å². The second kappa shape index (κ2) is 3.32. The number of hydrogen-bond acceptors (Lipinski definition) is 2. The fraction of sp³-hybridized carbons (Fsp3) is 0.154. The van der Waals surface area contributed by atoms with E-state index in [9.17, 15) is 5.11 Å². The van der Waals surface area contributed by atoms with Gasteiger partial charge in [-0.3, -0.25) is 0 Å². The van der Waals surface area contributed by atoms with E-state index in [4.69, 9.17) is 0 Å². The largest absolute Gasteiger partial charge is 0.385 e. The molecule has 3 aromatic rings.